The molecule has 204 valence electrons. The summed E-state index contributed by atoms with van der Waals surface area (Å²) in [6.07, 6.45) is 4.18. The van der Waals surface area contributed by atoms with E-state index in [-0.39, 0.29) is 18.0 Å². The van der Waals surface area contributed by atoms with E-state index in [1.54, 1.807) is 25.1 Å². The van der Waals surface area contributed by atoms with Crippen LogP contribution in [-0.4, -0.2) is 65.6 Å². The number of amides is 1. The van der Waals surface area contributed by atoms with E-state index in [9.17, 15) is 21.6 Å². The number of rotatable bonds is 11. The summed E-state index contributed by atoms with van der Waals surface area (Å²) in [4.78, 5) is 13.2. The molecule has 1 atom stereocenters. The van der Waals surface area contributed by atoms with Gasteiger partial charge in [0.05, 0.1) is 23.4 Å². The van der Waals surface area contributed by atoms with Crippen LogP contribution in [-0.2, 0) is 24.8 Å². The molecule has 1 heterocycles. The van der Waals surface area contributed by atoms with Gasteiger partial charge in [0.15, 0.2) is 0 Å². The molecule has 0 bridgehead atoms. The maximum atomic E-state index is 13.0. The zero-order valence-corrected chi connectivity index (χ0v) is 23.6. The van der Waals surface area contributed by atoms with Gasteiger partial charge >= 0.3 is 0 Å². The lowest BCUT2D eigenvalue weighted by molar-refractivity contribution is -0.122. The Balaban J connectivity index is 1.60. The Morgan fingerprint density at radius 1 is 1.03 bits per heavy atom. The molecule has 2 aromatic rings. The zero-order valence-electron chi connectivity index (χ0n) is 21.9. The Hall–Kier alpha value is -2.63. The van der Waals surface area contributed by atoms with E-state index in [2.05, 4.69) is 5.32 Å². The van der Waals surface area contributed by atoms with Gasteiger partial charge in [-0.25, -0.2) is 16.8 Å². The van der Waals surface area contributed by atoms with E-state index in [0.717, 1.165) is 36.6 Å². The maximum absolute atomic E-state index is 13.0. The van der Waals surface area contributed by atoms with Crippen molar-refractivity contribution in [3.05, 3.63) is 53.6 Å². The molecule has 11 heteroatoms. The summed E-state index contributed by atoms with van der Waals surface area (Å²) in [5, 5.41) is 2.77. The van der Waals surface area contributed by atoms with Crippen molar-refractivity contribution in [1.82, 2.24) is 9.62 Å². The molecule has 0 spiro atoms. The van der Waals surface area contributed by atoms with Crippen molar-refractivity contribution in [3.63, 3.8) is 0 Å². The SMILES string of the molecule is CCC(C(=O)NCCOc1ccc(S(=O)(=O)N2CCCCC2)cc1)N(c1cc(C)ccc1C)S(C)(=O)=O. The highest BCUT2D eigenvalue weighted by molar-refractivity contribution is 7.92. The molecule has 37 heavy (non-hydrogen) atoms. The minimum Gasteiger partial charge on any atom is -0.492 e. The minimum absolute atomic E-state index is 0.142. The van der Waals surface area contributed by atoms with Crippen molar-refractivity contribution >= 4 is 31.6 Å². The number of piperidine rings is 1. The topological polar surface area (TPSA) is 113 Å². The molecular formula is C26H37N3O6S2. The van der Waals surface area contributed by atoms with Crippen LogP contribution in [0.1, 0.15) is 43.7 Å². The van der Waals surface area contributed by atoms with Crippen LogP contribution in [0.3, 0.4) is 0 Å². The van der Waals surface area contributed by atoms with Crippen LogP contribution in [0.25, 0.3) is 0 Å². The molecule has 0 aromatic heterocycles. The van der Waals surface area contributed by atoms with Gasteiger partial charge in [-0.05, 0) is 74.6 Å². The van der Waals surface area contributed by atoms with Crippen molar-refractivity contribution in [3.8, 4) is 5.75 Å². The Kier molecular flexibility index (Phi) is 9.60. The number of carbonyl (C=O) groups is 1. The zero-order chi connectivity index (χ0) is 27.2. The van der Waals surface area contributed by atoms with E-state index in [1.165, 1.54) is 20.7 Å². The molecule has 1 N–H and O–H groups in total. The summed E-state index contributed by atoms with van der Waals surface area (Å²) in [5.74, 6) is 0.0624. The highest BCUT2D eigenvalue weighted by Gasteiger charge is 2.32. The molecule has 1 aliphatic rings. The number of hydrogen-bond donors (Lipinski definition) is 1. The first-order valence-corrected chi connectivity index (χ1v) is 15.8. The first-order valence-electron chi connectivity index (χ1n) is 12.5. The Morgan fingerprint density at radius 2 is 1.68 bits per heavy atom. The number of nitrogens with one attached hydrogen (secondary N) is 1. The number of benzene rings is 2. The van der Waals surface area contributed by atoms with Gasteiger partial charge in [-0.3, -0.25) is 9.10 Å². The van der Waals surface area contributed by atoms with Gasteiger partial charge < -0.3 is 10.1 Å². The predicted molar refractivity (Wildman–Crippen MR) is 145 cm³/mol. The van der Waals surface area contributed by atoms with Crippen molar-refractivity contribution in [2.24, 2.45) is 0 Å². The number of nitrogens with zero attached hydrogens (tertiary/aromatic N) is 2. The normalized spacial score (nSPS) is 15.7. The van der Waals surface area contributed by atoms with Gasteiger partial charge in [0, 0.05) is 13.1 Å². The fourth-order valence-corrected chi connectivity index (χ4v) is 7.19. The van der Waals surface area contributed by atoms with Crippen LogP contribution in [0.5, 0.6) is 5.75 Å². The van der Waals surface area contributed by atoms with Gasteiger partial charge in [-0.1, -0.05) is 25.5 Å². The summed E-state index contributed by atoms with van der Waals surface area (Å²) < 4.78 is 59.3. The lowest BCUT2D eigenvalue weighted by Crippen LogP contribution is -2.50. The lowest BCUT2D eigenvalue weighted by Gasteiger charge is -2.31. The van der Waals surface area contributed by atoms with E-state index >= 15 is 0 Å². The van der Waals surface area contributed by atoms with E-state index in [0.29, 0.717) is 30.9 Å². The number of ether oxygens (including phenoxy) is 1. The highest BCUT2D eigenvalue weighted by atomic mass is 32.2. The molecule has 9 nitrogen and oxygen atoms in total. The summed E-state index contributed by atoms with van der Waals surface area (Å²) in [6.45, 7) is 6.84. The van der Waals surface area contributed by atoms with Gasteiger partial charge in [0.1, 0.15) is 18.4 Å². The number of anilines is 1. The van der Waals surface area contributed by atoms with E-state index in [1.807, 2.05) is 26.0 Å². The fourth-order valence-electron chi connectivity index (χ4n) is 4.42. The highest BCUT2D eigenvalue weighted by Crippen LogP contribution is 2.27. The third-order valence-electron chi connectivity index (χ3n) is 6.38. The molecular weight excluding hydrogens is 514 g/mol. The summed E-state index contributed by atoms with van der Waals surface area (Å²) in [7, 11) is -7.23. The second kappa shape index (κ2) is 12.3. The number of sulfonamides is 2. The number of carbonyl (C=O) groups excluding carboxylic acids is 1. The first-order chi connectivity index (χ1) is 17.4. The third-order valence-corrected chi connectivity index (χ3v) is 9.46. The van der Waals surface area contributed by atoms with Crippen molar-refractivity contribution in [1.29, 1.82) is 0 Å². The Morgan fingerprint density at radius 3 is 2.27 bits per heavy atom. The van der Waals surface area contributed by atoms with Crippen LogP contribution in [0.2, 0.25) is 0 Å². The second-order valence-corrected chi connectivity index (χ2v) is 13.1. The van der Waals surface area contributed by atoms with Crippen LogP contribution >= 0.6 is 0 Å². The molecule has 1 fully saturated rings. The molecule has 1 saturated heterocycles. The van der Waals surface area contributed by atoms with Crippen molar-refractivity contribution < 1.29 is 26.4 Å². The molecule has 2 aromatic carbocycles. The summed E-state index contributed by atoms with van der Waals surface area (Å²) in [5.41, 5.74) is 2.14. The van der Waals surface area contributed by atoms with Crippen LogP contribution in [0, 0.1) is 13.8 Å². The second-order valence-electron chi connectivity index (χ2n) is 9.35. The maximum Gasteiger partial charge on any atom is 0.244 e. The average Bonchev–Trinajstić information content (AvgIpc) is 2.86. The Bertz CT molecular complexity index is 1290. The van der Waals surface area contributed by atoms with Crippen LogP contribution < -0.4 is 14.4 Å². The van der Waals surface area contributed by atoms with Gasteiger partial charge in [0.25, 0.3) is 0 Å². The molecule has 0 aliphatic carbocycles. The van der Waals surface area contributed by atoms with Gasteiger partial charge in [-0.15, -0.1) is 0 Å². The monoisotopic (exact) mass is 551 g/mol. The van der Waals surface area contributed by atoms with Gasteiger partial charge in [-0.2, -0.15) is 4.31 Å². The van der Waals surface area contributed by atoms with Crippen LogP contribution in [0.15, 0.2) is 47.4 Å². The van der Waals surface area contributed by atoms with Crippen molar-refractivity contribution in [2.45, 2.75) is 57.4 Å². The largest absolute Gasteiger partial charge is 0.492 e. The van der Waals surface area contributed by atoms with Gasteiger partial charge in [0.2, 0.25) is 26.0 Å². The number of hydrogen-bond acceptors (Lipinski definition) is 6. The molecule has 1 unspecified atom stereocenters. The summed E-state index contributed by atoms with van der Waals surface area (Å²) >= 11 is 0. The fraction of sp³-hybridized carbons (Fsp3) is 0.500. The average molecular weight is 552 g/mol. The molecule has 3 rings (SSSR count). The minimum atomic E-state index is -3.72. The predicted octanol–water partition coefficient (Wildman–Crippen LogP) is 3.22. The van der Waals surface area contributed by atoms with Crippen molar-refractivity contribution in [2.75, 3.05) is 36.8 Å². The van der Waals surface area contributed by atoms with E-state index in [4.69, 9.17) is 4.74 Å². The first kappa shape index (κ1) is 28.9. The molecule has 0 radical (unpaired) electrons. The molecule has 1 amide bonds. The third kappa shape index (κ3) is 7.24. The standard InChI is InChI=1S/C26H37N3O6S2/c1-5-24(29(36(4,31)32)25-19-20(2)9-10-21(25)3)26(30)27-15-18-35-22-11-13-23(14-12-22)37(33,34)28-16-7-6-8-17-28/h9-14,19,24H,5-8,15-18H2,1-4H3,(H,27,30). The quantitative estimate of drug-likeness (QED) is 0.429. The molecule has 0 saturated carbocycles. The Labute approximate surface area is 220 Å². The lowest BCUT2D eigenvalue weighted by atomic mass is 10.1. The summed E-state index contributed by atoms with van der Waals surface area (Å²) in [6, 6.07) is 10.8. The van der Waals surface area contributed by atoms with E-state index < -0.39 is 32.0 Å². The van der Waals surface area contributed by atoms with Crippen LogP contribution in [0.4, 0.5) is 5.69 Å². The number of aryl methyl sites for hydroxylation is 2. The molecule has 1 aliphatic heterocycles. The smallest absolute Gasteiger partial charge is 0.244 e.